The second-order valence-corrected chi connectivity index (χ2v) is 5.80. The first-order valence-electron chi connectivity index (χ1n) is 7.07. The predicted molar refractivity (Wildman–Crippen MR) is 94.2 cm³/mol. The zero-order chi connectivity index (χ0) is 16.1. The third-order valence-electron chi connectivity index (χ3n) is 3.29. The normalized spacial score (nSPS) is 10.4. The first kappa shape index (κ1) is 16.7. The van der Waals surface area contributed by atoms with Gasteiger partial charge in [0.1, 0.15) is 0 Å². The van der Waals surface area contributed by atoms with Gasteiger partial charge in [0.15, 0.2) is 0 Å². The van der Waals surface area contributed by atoms with Gasteiger partial charge in [0.05, 0.1) is 17.3 Å². The lowest BCUT2D eigenvalue weighted by atomic mass is 10.2. The van der Waals surface area contributed by atoms with E-state index < -0.39 is 0 Å². The van der Waals surface area contributed by atoms with Gasteiger partial charge in [-0.2, -0.15) is 0 Å². The lowest BCUT2D eigenvalue weighted by Crippen LogP contribution is -2.35. The highest BCUT2D eigenvalue weighted by molar-refractivity contribution is 6.35. The molecule has 1 N–H and O–H groups in total. The number of nitrogens with one attached hydrogen (secondary N) is 1. The summed E-state index contributed by atoms with van der Waals surface area (Å²) in [6, 6.07) is 13.0. The van der Waals surface area contributed by atoms with Crippen molar-refractivity contribution in [2.45, 2.75) is 13.8 Å². The summed E-state index contributed by atoms with van der Waals surface area (Å²) in [5.74, 6) is -0.0239. The Morgan fingerprint density at radius 1 is 1.18 bits per heavy atom. The van der Waals surface area contributed by atoms with Gasteiger partial charge in [-0.3, -0.25) is 4.79 Å². The summed E-state index contributed by atoms with van der Waals surface area (Å²) >= 11 is 12.0. The smallest absolute Gasteiger partial charge is 0.246 e. The Labute approximate surface area is 140 Å². The number of halogens is 2. The zero-order valence-corrected chi connectivity index (χ0v) is 14.1. The molecule has 0 bridgehead atoms. The molecule has 0 saturated carbocycles. The molecule has 0 unspecified atom stereocenters. The van der Waals surface area contributed by atoms with Crippen molar-refractivity contribution in [2.24, 2.45) is 0 Å². The summed E-state index contributed by atoms with van der Waals surface area (Å²) in [6.07, 6.45) is 0. The van der Waals surface area contributed by atoms with Gasteiger partial charge in [0, 0.05) is 17.3 Å². The number of carbonyl (C=O) groups is 1. The number of aryl methyl sites for hydroxylation is 1. The van der Waals surface area contributed by atoms with Crippen molar-refractivity contribution in [1.29, 1.82) is 0 Å². The highest BCUT2D eigenvalue weighted by atomic mass is 35.5. The molecule has 116 valence electrons. The molecule has 2 aromatic rings. The Bertz CT molecular complexity index is 673. The zero-order valence-electron chi connectivity index (χ0n) is 12.6. The van der Waals surface area contributed by atoms with Gasteiger partial charge < -0.3 is 10.2 Å². The van der Waals surface area contributed by atoms with Crippen LogP contribution in [-0.4, -0.2) is 19.0 Å². The summed E-state index contributed by atoms with van der Waals surface area (Å²) in [5.41, 5.74) is 2.67. The molecule has 3 nitrogen and oxygen atoms in total. The van der Waals surface area contributed by atoms with Crippen molar-refractivity contribution in [3.8, 4) is 0 Å². The molecule has 1 amide bonds. The van der Waals surface area contributed by atoms with Crippen LogP contribution in [0.5, 0.6) is 0 Å². The quantitative estimate of drug-likeness (QED) is 0.853. The lowest BCUT2D eigenvalue weighted by Gasteiger charge is -2.22. The number of amides is 1. The number of likely N-dealkylation sites (N-methyl/N-ethyl adjacent to an activating group) is 1. The number of rotatable bonds is 5. The Kier molecular flexibility index (Phi) is 5.69. The van der Waals surface area contributed by atoms with Crippen molar-refractivity contribution in [1.82, 2.24) is 0 Å². The molecule has 0 atom stereocenters. The van der Waals surface area contributed by atoms with Crippen LogP contribution in [0.4, 0.5) is 11.4 Å². The second kappa shape index (κ2) is 7.52. The van der Waals surface area contributed by atoms with Crippen molar-refractivity contribution in [2.75, 3.05) is 23.3 Å². The van der Waals surface area contributed by atoms with Gasteiger partial charge in [-0.15, -0.1) is 0 Å². The molecule has 0 radical (unpaired) electrons. The maximum atomic E-state index is 12.4. The van der Waals surface area contributed by atoms with Crippen LogP contribution in [0.3, 0.4) is 0 Å². The maximum absolute atomic E-state index is 12.4. The third kappa shape index (κ3) is 4.15. The minimum atomic E-state index is -0.0239. The van der Waals surface area contributed by atoms with Crippen molar-refractivity contribution in [3.05, 3.63) is 58.1 Å². The average Bonchev–Trinajstić information content (AvgIpc) is 2.49. The van der Waals surface area contributed by atoms with E-state index in [1.807, 2.05) is 38.1 Å². The number of nitrogens with zero attached hydrogens (tertiary/aromatic N) is 1. The molecular formula is C17H18Cl2N2O. The van der Waals surface area contributed by atoms with E-state index in [0.29, 0.717) is 22.3 Å². The van der Waals surface area contributed by atoms with E-state index in [-0.39, 0.29) is 12.5 Å². The summed E-state index contributed by atoms with van der Waals surface area (Å²) in [5, 5.41) is 4.16. The fourth-order valence-electron chi connectivity index (χ4n) is 2.20. The largest absolute Gasteiger partial charge is 0.375 e. The Morgan fingerprint density at radius 3 is 2.64 bits per heavy atom. The molecule has 0 aliphatic heterocycles. The first-order valence-corrected chi connectivity index (χ1v) is 7.83. The Balaban J connectivity index is 2.08. The number of carbonyl (C=O) groups excluding carboxylic acids is 1. The Hall–Kier alpha value is -1.71. The van der Waals surface area contributed by atoms with Crippen LogP contribution in [0.2, 0.25) is 10.0 Å². The monoisotopic (exact) mass is 336 g/mol. The second-order valence-electron chi connectivity index (χ2n) is 4.95. The van der Waals surface area contributed by atoms with E-state index in [4.69, 9.17) is 23.2 Å². The van der Waals surface area contributed by atoms with Crippen LogP contribution in [-0.2, 0) is 4.79 Å². The third-order valence-corrected chi connectivity index (χ3v) is 3.85. The van der Waals surface area contributed by atoms with E-state index in [2.05, 4.69) is 5.32 Å². The van der Waals surface area contributed by atoms with Gasteiger partial charge in [-0.05, 0) is 49.7 Å². The number of hydrogen-bond acceptors (Lipinski definition) is 2. The molecule has 0 fully saturated rings. The standard InChI is InChI=1S/C17H18Cl2N2O/c1-3-21(14-6-4-5-12(2)9-14)17(22)11-20-16-10-13(18)7-8-15(16)19/h4-10,20H,3,11H2,1-2H3. The van der Waals surface area contributed by atoms with Gasteiger partial charge in [-0.25, -0.2) is 0 Å². The van der Waals surface area contributed by atoms with Crippen LogP contribution in [0, 0.1) is 6.92 Å². The Morgan fingerprint density at radius 2 is 1.95 bits per heavy atom. The molecule has 0 aliphatic carbocycles. The first-order chi connectivity index (χ1) is 10.5. The molecular weight excluding hydrogens is 319 g/mol. The topological polar surface area (TPSA) is 32.3 Å². The highest BCUT2D eigenvalue weighted by Crippen LogP contribution is 2.25. The predicted octanol–water partition coefficient (Wildman–Crippen LogP) is 4.77. The van der Waals surface area contributed by atoms with Crippen molar-refractivity contribution >= 4 is 40.5 Å². The molecule has 0 aromatic heterocycles. The van der Waals surface area contributed by atoms with Gasteiger partial charge in [-0.1, -0.05) is 35.3 Å². The number of anilines is 2. The molecule has 0 saturated heterocycles. The average molecular weight is 337 g/mol. The van der Waals surface area contributed by atoms with E-state index in [1.165, 1.54) is 0 Å². The lowest BCUT2D eigenvalue weighted by molar-refractivity contribution is -0.116. The van der Waals surface area contributed by atoms with Crippen LogP contribution in [0.1, 0.15) is 12.5 Å². The summed E-state index contributed by atoms with van der Waals surface area (Å²) in [7, 11) is 0. The molecule has 5 heteroatoms. The van der Waals surface area contributed by atoms with E-state index >= 15 is 0 Å². The fraction of sp³-hybridized carbons (Fsp3) is 0.235. The van der Waals surface area contributed by atoms with Gasteiger partial charge >= 0.3 is 0 Å². The SMILES string of the molecule is CCN(C(=O)CNc1cc(Cl)ccc1Cl)c1cccc(C)c1. The summed E-state index contributed by atoms with van der Waals surface area (Å²) in [4.78, 5) is 14.2. The van der Waals surface area contributed by atoms with Crippen LogP contribution in [0.25, 0.3) is 0 Å². The molecule has 0 aliphatic rings. The van der Waals surface area contributed by atoms with Crippen molar-refractivity contribution < 1.29 is 4.79 Å². The molecule has 2 aromatic carbocycles. The van der Waals surface area contributed by atoms with Gasteiger partial charge in [0.2, 0.25) is 5.91 Å². The minimum Gasteiger partial charge on any atom is -0.375 e. The fourth-order valence-corrected chi connectivity index (χ4v) is 2.55. The van der Waals surface area contributed by atoms with Crippen LogP contribution < -0.4 is 10.2 Å². The number of hydrogen-bond donors (Lipinski definition) is 1. The van der Waals surface area contributed by atoms with Crippen LogP contribution in [0.15, 0.2) is 42.5 Å². The molecule has 2 rings (SSSR count). The minimum absolute atomic E-state index is 0.0239. The maximum Gasteiger partial charge on any atom is 0.246 e. The number of benzene rings is 2. The van der Waals surface area contributed by atoms with E-state index in [0.717, 1.165) is 11.3 Å². The van der Waals surface area contributed by atoms with Crippen molar-refractivity contribution in [3.63, 3.8) is 0 Å². The molecule has 0 heterocycles. The van der Waals surface area contributed by atoms with Gasteiger partial charge in [0.25, 0.3) is 0 Å². The summed E-state index contributed by atoms with van der Waals surface area (Å²) in [6.45, 7) is 4.72. The molecule has 0 spiro atoms. The molecule has 22 heavy (non-hydrogen) atoms. The highest BCUT2D eigenvalue weighted by Gasteiger charge is 2.14. The van der Waals surface area contributed by atoms with E-state index in [1.54, 1.807) is 23.1 Å². The summed E-state index contributed by atoms with van der Waals surface area (Å²) < 4.78 is 0. The van der Waals surface area contributed by atoms with E-state index in [9.17, 15) is 4.79 Å². The van der Waals surface area contributed by atoms with Crippen LogP contribution >= 0.6 is 23.2 Å².